The number of ether oxygens (including phenoxy) is 3. The maximum absolute atomic E-state index is 11.8. The Morgan fingerprint density at radius 2 is 2.39 bits per heavy atom. The molecule has 1 aliphatic rings. The largest absolute Gasteiger partial charge is 0.499 e. The average molecular weight is 326 g/mol. The molecule has 128 valence electrons. The molecular weight excluding hydrogens is 302 g/mol. The normalized spacial score (nSPS) is 22.0. The molecule has 0 amide bonds. The standard InChI is InChI=1S/C15H23N3O5/c1-3-4-5-10(2)14(19)22-9-13-21-8-12(23-13)18-7-6-11(16)17-15(18)20/h6-7,10,12-13H,3-5,8-9H2,1-2H3,(H2,16,17,20)/p+1. The molecule has 0 spiro atoms. The molecule has 0 aromatic carbocycles. The number of rotatable bonds is 7. The number of carbonyl (C=O) groups excluding carboxylic acids is 1. The Hall–Kier alpha value is -1.93. The Kier molecular flexibility index (Phi) is 6.12. The highest BCUT2D eigenvalue weighted by atomic mass is 16.7. The number of nitrogens with two attached hydrogens (primary N) is 1. The van der Waals surface area contributed by atoms with Crippen LogP contribution < -0.4 is 16.0 Å². The fourth-order valence-electron chi connectivity index (χ4n) is 2.28. The van der Waals surface area contributed by atoms with Gasteiger partial charge in [0.05, 0.1) is 5.92 Å². The highest BCUT2D eigenvalue weighted by molar-refractivity contribution is 5.71. The van der Waals surface area contributed by atoms with Crippen molar-refractivity contribution in [3.63, 3.8) is 0 Å². The number of hydrogen-bond acceptors (Lipinski definition) is 6. The Balaban J connectivity index is 1.81. The number of nitrogen functional groups attached to an aromatic ring is 1. The van der Waals surface area contributed by atoms with Gasteiger partial charge < -0.3 is 19.9 Å². The van der Waals surface area contributed by atoms with Gasteiger partial charge in [-0.3, -0.25) is 4.79 Å². The molecule has 1 aromatic heterocycles. The summed E-state index contributed by atoms with van der Waals surface area (Å²) in [5.74, 6) is -0.120. The van der Waals surface area contributed by atoms with Crippen LogP contribution in [0.2, 0.25) is 0 Å². The van der Waals surface area contributed by atoms with Gasteiger partial charge in [0.2, 0.25) is 6.23 Å². The summed E-state index contributed by atoms with van der Waals surface area (Å²) in [7, 11) is 0. The van der Waals surface area contributed by atoms with E-state index in [1.54, 1.807) is 6.07 Å². The minimum atomic E-state index is -0.674. The topological polar surface area (TPSA) is 108 Å². The van der Waals surface area contributed by atoms with Gasteiger partial charge in [-0.15, -0.1) is 0 Å². The predicted molar refractivity (Wildman–Crippen MR) is 81.2 cm³/mol. The van der Waals surface area contributed by atoms with E-state index in [0.717, 1.165) is 19.3 Å². The van der Waals surface area contributed by atoms with Gasteiger partial charge in [-0.25, -0.2) is 0 Å². The van der Waals surface area contributed by atoms with Crippen LogP contribution >= 0.6 is 0 Å². The molecule has 2 rings (SSSR count). The van der Waals surface area contributed by atoms with Crippen molar-refractivity contribution in [1.82, 2.24) is 4.98 Å². The lowest BCUT2D eigenvalue weighted by Gasteiger charge is -2.14. The smallest absolute Gasteiger partial charge is 0.460 e. The van der Waals surface area contributed by atoms with Crippen LogP contribution in [-0.2, 0) is 19.0 Å². The Morgan fingerprint density at radius 1 is 1.61 bits per heavy atom. The Bertz CT molecular complexity index is 589. The van der Waals surface area contributed by atoms with Crippen molar-refractivity contribution in [3.8, 4) is 0 Å². The van der Waals surface area contributed by atoms with Gasteiger partial charge >= 0.3 is 11.7 Å². The summed E-state index contributed by atoms with van der Waals surface area (Å²) < 4.78 is 17.6. The summed E-state index contributed by atoms with van der Waals surface area (Å²) in [5, 5.41) is 0. The summed E-state index contributed by atoms with van der Waals surface area (Å²) in [6.07, 6.45) is 3.13. The number of carbonyl (C=O) groups is 1. The first-order chi connectivity index (χ1) is 11.0. The molecule has 8 heteroatoms. The Labute approximate surface area is 134 Å². The van der Waals surface area contributed by atoms with Crippen LogP contribution in [0.3, 0.4) is 0 Å². The summed E-state index contributed by atoms with van der Waals surface area (Å²) in [5.41, 5.74) is 5.11. The molecule has 23 heavy (non-hydrogen) atoms. The van der Waals surface area contributed by atoms with Crippen LogP contribution in [0.15, 0.2) is 17.1 Å². The number of esters is 1. The average Bonchev–Trinajstić information content (AvgIpc) is 2.98. The summed E-state index contributed by atoms with van der Waals surface area (Å²) in [6.45, 7) is 4.14. The van der Waals surface area contributed by atoms with E-state index < -0.39 is 12.5 Å². The molecule has 1 saturated heterocycles. The molecule has 0 bridgehead atoms. The van der Waals surface area contributed by atoms with Crippen molar-refractivity contribution in [2.24, 2.45) is 5.92 Å². The molecule has 3 N–H and O–H groups in total. The van der Waals surface area contributed by atoms with Crippen LogP contribution in [0.5, 0.6) is 0 Å². The minimum absolute atomic E-state index is 0.0131. The third kappa shape index (κ3) is 4.77. The molecule has 1 aromatic rings. The van der Waals surface area contributed by atoms with Crippen molar-refractivity contribution in [1.29, 1.82) is 0 Å². The number of aromatic nitrogens is 2. The van der Waals surface area contributed by atoms with Gasteiger partial charge in [0.15, 0.2) is 12.1 Å². The van der Waals surface area contributed by atoms with Gasteiger partial charge in [-0.05, 0) is 6.42 Å². The highest BCUT2D eigenvalue weighted by Gasteiger charge is 2.33. The number of hydrogen-bond donors (Lipinski definition) is 2. The molecule has 3 atom stereocenters. The van der Waals surface area contributed by atoms with Crippen molar-refractivity contribution in [2.75, 3.05) is 18.9 Å². The third-order valence-electron chi connectivity index (χ3n) is 3.70. The van der Waals surface area contributed by atoms with E-state index in [4.69, 9.17) is 19.9 Å². The zero-order chi connectivity index (χ0) is 16.8. The number of anilines is 1. The quantitative estimate of drug-likeness (QED) is 0.557. The van der Waals surface area contributed by atoms with Gasteiger partial charge in [-0.1, -0.05) is 26.7 Å². The lowest BCUT2D eigenvalue weighted by atomic mass is 10.1. The lowest BCUT2D eigenvalue weighted by molar-refractivity contribution is -0.771. The second kappa shape index (κ2) is 8.07. The Morgan fingerprint density at radius 3 is 3.09 bits per heavy atom. The third-order valence-corrected chi connectivity index (χ3v) is 3.70. The van der Waals surface area contributed by atoms with Crippen molar-refractivity contribution >= 4 is 11.8 Å². The molecule has 1 aliphatic heterocycles. The fraction of sp³-hybridized carbons (Fsp3) is 0.667. The van der Waals surface area contributed by atoms with E-state index in [1.807, 2.05) is 6.92 Å². The number of unbranched alkanes of at least 4 members (excludes halogenated alkanes) is 1. The molecule has 0 radical (unpaired) electrons. The summed E-state index contributed by atoms with van der Waals surface area (Å²) >= 11 is 0. The second-order valence-electron chi connectivity index (χ2n) is 5.64. The van der Waals surface area contributed by atoms with E-state index in [9.17, 15) is 9.59 Å². The van der Waals surface area contributed by atoms with E-state index >= 15 is 0 Å². The minimum Gasteiger partial charge on any atom is -0.460 e. The van der Waals surface area contributed by atoms with Gasteiger partial charge in [0, 0.05) is 6.07 Å². The van der Waals surface area contributed by atoms with E-state index in [1.165, 1.54) is 10.8 Å². The lowest BCUT2D eigenvalue weighted by Crippen LogP contribution is -2.55. The number of aromatic amines is 1. The van der Waals surface area contributed by atoms with Crippen molar-refractivity contribution in [2.45, 2.75) is 45.6 Å². The molecule has 8 nitrogen and oxygen atoms in total. The molecule has 3 unspecified atom stereocenters. The second-order valence-corrected chi connectivity index (χ2v) is 5.64. The molecule has 0 saturated carbocycles. The van der Waals surface area contributed by atoms with Crippen LogP contribution in [0, 0.1) is 5.92 Å². The highest BCUT2D eigenvalue weighted by Crippen LogP contribution is 2.16. The SMILES string of the molecule is CCCCC(C)C(=O)OCC1OCC([n+]2ccc(N)[nH]c2=O)O1. The first kappa shape index (κ1) is 17.4. The number of H-pyrrole nitrogens is 1. The van der Waals surface area contributed by atoms with Gasteiger partial charge in [0.25, 0.3) is 0 Å². The maximum Gasteiger partial charge on any atom is 0.499 e. The first-order valence-corrected chi connectivity index (χ1v) is 7.85. The zero-order valence-corrected chi connectivity index (χ0v) is 13.5. The first-order valence-electron chi connectivity index (χ1n) is 7.85. The number of nitrogens with zero attached hydrogens (tertiary/aromatic N) is 1. The van der Waals surface area contributed by atoms with Crippen molar-refractivity contribution < 1.29 is 23.6 Å². The van der Waals surface area contributed by atoms with E-state index in [-0.39, 0.29) is 36.6 Å². The summed E-state index contributed by atoms with van der Waals surface area (Å²) in [4.78, 5) is 26.1. The predicted octanol–water partition coefficient (Wildman–Crippen LogP) is 0.486. The fourth-order valence-corrected chi connectivity index (χ4v) is 2.28. The van der Waals surface area contributed by atoms with Gasteiger partial charge in [-0.2, -0.15) is 14.3 Å². The molecule has 2 heterocycles. The van der Waals surface area contributed by atoms with Gasteiger partial charge in [0.1, 0.15) is 19.4 Å². The van der Waals surface area contributed by atoms with Crippen LogP contribution in [0.25, 0.3) is 0 Å². The van der Waals surface area contributed by atoms with Crippen LogP contribution in [0.4, 0.5) is 5.82 Å². The monoisotopic (exact) mass is 326 g/mol. The molecule has 0 aliphatic carbocycles. The van der Waals surface area contributed by atoms with Crippen LogP contribution in [0.1, 0.15) is 39.3 Å². The van der Waals surface area contributed by atoms with Crippen LogP contribution in [-0.4, -0.2) is 30.5 Å². The number of nitrogens with one attached hydrogen (secondary N) is 1. The maximum atomic E-state index is 11.8. The molecular formula is C15H24N3O5+. The summed E-state index contributed by atoms with van der Waals surface area (Å²) in [6, 6.07) is 1.56. The van der Waals surface area contributed by atoms with E-state index in [2.05, 4.69) is 11.9 Å². The van der Waals surface area contributed by atoms with Crippen molar-refractivity contribution in [3.05, 3.63) is 22.7 Å². The molecule has 1 fully saturated rings. The zero-order valence-electron chi connectivity index (χ0n) is 13.5. The van der Waals surface area contributed by atoms with E-state index in [0.29, 0.717) is 0 Å².